The molecule has 0 aromatic heterocycles. The molecule has 1 heterocycles. The van der Waals surface area contributed by atoms with E-state index in [0.29, 0.717) is 10.5 Å². The average Bonchev–Trinajstić information content (AvgIpc) is 3.10. The van der Waals surface area contributed by atoms with Crippen molar-refractivity contribution in [3.05, 3.63) is 70.6 Å². The minimum absolute atomic E-state index is 0.0522. The highest BCUT2D eigenvalue weighted by Crippen LogP contribution is 2.32. The zero-order valence-corrected chi connectivity index (χ0v) is 20.9. The fourth-order valence-electron chi connectivity index (χ4n) is 3.29. The predicted octanol–water partition coefficient (Wildman–Crippen LogP) is 4.02. The van der Waals surface area contributed by atoms with E-state index >= 15 is 0 Å². The van der Waals surface area contributed by atoms with Crippen LogP contribution < -0.4 is 10.6 Å². The van der Waals surface area contributed by atoms with Crippen molar-refractivity contribution in [2.24, 2.45) is 5.92 Å². The summed E-state index contributed by atoms with van der Waals surface area (Å²) >= 11 is 2.51. The summed E-state index contributed by atoms with van der Waals surface area (Å²) in [5.41, 5.74) is 1.30. The third kappa shape index (κ3) is 6.51. The summed E-state index contributed by atoms with van der Waals surface area (Å²) < 4.78 is 0. The lowest BCUT2D eigenvalue weighted by molar-refractivity contribution is -0.125. The zero-order valence-electron chi connectivity index (χ0n) is 19.2. The van der Waals surface area contributed by atoms with Crippen LogP contribution in [0.5, 0.6) is 0 Å². The van der Waals surface area contributed by atoms with Gasteiger partial charge in [-0.05, 0) is 59.8 Å². The molecule has 34 heavy (non-hydrogen) atoms. The third-order valence-electron chi connectivity index (χ3n) is 5.19. The Balaban J connectivity index is 1.56. The van der Waals surface area contributed by atoms with Gasteiger partial charge in [0, 0.05) is 23.5 Å². The molecular formula is C25H27N3O4S2. The van der Waals surface area contributed by atoms with Gasteiger partial charge in [0.2, 0.25) is 5.91 Å². The van der Waals surface area contributed by atoms with Gasteiger partial charge in [0.05, 0.1) is 4.91 Å². The molecule has 2 aromatic carbocycles. The van der Waals surface area contributed by atoms with Gasteiger partial charge >= 0.3 is 0 Å². The van der Waals surface area contributed by atoms with Crippen molar-refractivity contribution < 1.29 is 19.2 Å². The van der Waals surface area contributed by atoms with Crippen LogP contribution in [0, 0.1) is 5.92 Å². The third-order valence-corrected chi connectivity index (χ3v) is 6.84. The number of amides is 4. The Morgan fingerprint density at radius 2 is 1.74 bits per heavy atom. The van der Waals surface area contributed by atoms with E-state index in [0.717, 1.165) is 27.1 Å². The molecule has 1 atom stereocenters. The number of imide groups is 1. The molecule has 1 aliphatic heterocycles. The van der Waals surface area contributed by atoms with E-state index in [2.05, 4.69) is 10.6 Å². The Hall–Kier alpha value is -3.04. The fourth-order valence-corrected chi connectivity index (χ4v) is 4.57. The first-order valence-electron chi connectivity index (χ1n) is 10.8. The highest BCUT2D eigenvalue weighted by Gasteiger charge is 2.35. The zero-order chi connectivity index (χ0) is 24.7. The molecule has 0 radical (unpaired) electrons. The summed E-state index contributed by atoms with van der Waals surface area (Å²) in [4.78, 5) is 52.8. The van der Waals surface area contributed by atoms with Crippen LogP contribution in [0.15, 0.2) is 64.4 Å². The smallest absolute Gasteiger partial charge is 0.293 e. The first-order valence-corrected chi connectivity index (χ1v) is 12.9. The highest BCUT2D eigenvalue weighted by atomic mass is 32.2. The maximum atomic E-state index is 12.7. The van der Waals surface area contributed by atoms with E-state index in [1.54, 1.807) is 42.1 Å². The Kier molecular flexibility index (Phi) is 8.95. The molecule has 1 saturated heterocycles. The van der Waals surface area contributed by atoms with Crippen molar-refractivity contribution >= 4 is 52.6 Å². The topological polar surface area (TPSA) is 95.6 Å². The second kappa shape index (κ2) is 11.9. The number of nitrogens with zero attached hydrogens (tertiary/aromatic N) is 1. The Morgan fingerprint density at radius 3 is 2.35 bits per heavy atom. The van der Waals surface area contributed by atoms with Gasteiger partial charge in [0.15, 0.2) is 0 Å². The van der Waals surface area contributed by atoms with E-state index in [1.807, 2.05) is 50.4 Å². The molecule has 2 aromatic rings. The minimum atomic E-state index is -0.744. The van der Waals surface area contributed by atoms with Crippen molar-refractivity contribution in [1.82, 2.24) is 15.5 Å². The van der Waals surface area contributed by atoms with E-state index in [9.17, 15) is 19.2 Å². The maximum absolute atomic E-state index is 12.7. The number of benzene rings is 2. The molecule has 178 valence electrons. The highest BCUT2D eigenvalue weighted by molar-refractivity contribution is 8.18. The van der Waals surface area contributed by atoms with Crippen molar-refractivity contribution in [3.8, 4) is 0 Å². The molecule has 0 unspecified atom stereocenters. The lowest BCUT2D eigenvalue weighted by atomic mass is 10.0. The Labute approximate surface area is 207 Å². The molecule has 1 aliphatic rings. The van der Waals surface area contributed by atoms with Gasteiger partial charge in [-0.25, -0.2) is 0 Å². The van der Waals surface area contributed by atoms with E-state index in [-0.39, 0.29) is 42.0 Å². The number of carbonyl (C=O) groups excluding carboxylic acids is 4. The fraction of sp³-hybridized carbons (Fsp3) is 0.280. The molecule has 0 bridgehead atoms. The van der Waals surface area contributed by atoms with Gasteiger partial charge in [0.25, 0.3) is 17.1 Å². The summed E-state index contributed by atoms with van der Waals surface area (Å²) in [6.07, 6.45) is 3.68. The molecule has 7 nitrogen and oxygen atoms in total. The van der Waals surface area contributed by atoms with Crippen molar-refractivity contribution in [1.29, 1.82) is 0 Å². The molecule has 0 spiro atoms. The van der Waals surface area contributed by atoms with E-state index in [4.69, 9.17) is 0 Å². The number of thioether (sulfide) groups is 2. The molecule has 0 aliphatic carbocycles. The predicted molar refractivity (Wildman–Crippen MR) is 136 cm³/mol. The van der Waals surface area contributed by atoms with Crippen LogP contribution in [0.4, 0.5) is 4.79 Å². The molecule has 0 saturated carbocycles. The van der Waals surface area contributed by atoms with Gasteiger partial charge in [-0.3, -0.25) is 24.1 Å². The molecule has 9 heteroatoms. The quantitative estimate of drug-likeness (QED) is 0.401. The molecule has 3 rings (SSSR count). The van der Waals surface area contributed by atoms with Crippen LogP contribution in [0.1, 0.15) is 29.8 Å². The number of hydrogen-bond donors (Lipinski definition) is 2. The first kappa shape index (κ1) is 25.6. The maximum Gasteiger partial charge on any atom is 0.293 e. The normalized spacial score (nSPS) is 15.6. The van der Waals surface area contributed by atoms with Gasteiger partial charge < -0.3 is 10.6 Å². The first-order chi connectivity index (χ1) is 16.3. The number of hydrogen-bond acceptors (Lipinski definition) is 6. The summed E-state index contributed by atoms with van der Waals surface area (Å²) in [6, 6.07) is 15.6. The second-order valence-electron chi connectivity index (χ2n) is 7.96. The molecule has 1 fully saturated rings. The average molecular weight is 498 g/mol. The monoisotopic (exact) mass is 497 g/mol. The number of nitrogens with one attached hydrogen (secondary N) is 2. The van der Waals surface area contributed by atoms with E-state index < -0.39 is 6.04 Å². The Bertz CT molecular complexity index is 1090. The van der Waals surface area contributed by atoms with Crippen LogP contribution in [0.3, 0.4) is 0 Å². The summed E-state index contributed by atoms with van der Waals surface area (Å²) in [5.74, 6) is -1.23. The van der Waals surface area contributed by atoms with Crippen molar-refractivity contribution in [2.45, 2.75) is 24.8 Å². The summed E-state index contributed by atoms with van der Waals surface area (Å²) in [6.45, 7) is 3.82. The summed E-state index contributed by atoms with van der Waals surface area (Å²) in [5, 5.41) is 5.12. The minimum Gasteiger partial charge on any atom is -0.353 e. The standard InChI is InChI=1S/C25H27N3O4S2/c1-16(2)21(27-22(29)18-7-5-4-6-8-18)23(30)26-13-14-28-24(31)20(34-25(28)32)15-17-9-11-19(33-3)12-10-17/h4-12,15-16,21H,13-14H2,1-3H3,(H,26,30)(H,27,29)/t21-/m0/s1. The van der Waals surface area contributed by atoms with Crippen LogP contribution in [-0.2, 0) is 9.59 Å². The number of carbonyl (C=O) groups is 4. The van der Waals surface area contributed by atoms with Crippen LogP contribution in [-0.4, -0.2) is 53.2 Å². The second-order valence-corrected chi connectivity index (χ2v) is 9.83. The van der Waals surface area contributed by atoms with Gasteiger partial charge in [0.1, 0.15) is 6.04 Å². The SMILES string of the molecule is CSc1ccc(C=C2SC(=O)N(CCNC(=O)[C@@H](NC(=O)c3ccccc3)C(C)C)C2=O)cc1. The van der Waals surface area contributed by atoms with Gasteiger partial charge in [-0.1, -0.05) is 44.2 Å². The number of rotatable bonds is 9. The summed E-state index contributed by atoms with van der Waals surface area (Å²) in [7, 11) is 0. The van der Waals surface area contributed by atoms with Crippen molar-refractivity contribution in [3.63, 3.8) is 0 Å². The lowest BCUT2D eigenvalue weighted by Gasteiger charge is -2.22. The molecule has 2 N–H and O–H groups in total. The van der Waals surface area contributed by atoms with Crippen LogP contribution in [0.2, 0.25) is 0 Å². The largest absolute Gasteiger partial charge is 0.353 e. The lowest BCUT2D eigenvalue weighted by Crippen LogP contribution is -2.51. The van der Waals surface area contributed by atoms with E-state index in [1.165, 1.54) is 0 Å². The van der Waals surface area contributed by atoms with Crippen molar-refractivity contribution in [2.75, 3.05) is 19.3 Å². The van der Waals surface area contributed by atoms with Crippen LogP contribution in [0.25, 0.3) is 6.08 Å². The Morgan fingerprint density at radius 1 is 1.06 bits per heavy atom. The molecular weight excluding hydrogens is 470 g/mol. The van der Waals surface area contributed by atoms with Crippen LogP contribution >= 0.6 is 23.5 Å². The molecule has 4 amide bonds. The van der Waals surface area contributed by atoms with Gasteiger partial charge in [-0.15, -0.1) is 11.8 Å². The van der Waals surface area contributed by atoms with Gasteiger partial charge in [-0.2, -0.15) is 0 Å².